The van der Waals surface area contributed by atoms with Crippen LogP contribution in [0.1, 0.15) is 6.92 Å². The van der Waals surface area contributed by atoms with Gasteiger partial charge in [-0.05, 0) is 6.92 Å². The van der Waals surface area contributed by atoms with Crippen LogP contribution in [0, 0.1) is 0 Å². The van der Waals surface area contributed by atoms with Crippen LogP contribution in [0.5, 0.6) is 0 Å². The molecular weight excluding hydrogens is 174 g/mol. The van der Waals surface area contributed by atoms with Crippen molar-refractivity contribution in [3.8, 4) is 0 Å². The molecule has 0 saturated heterocycles. The fourth-order valence-corrected chi connectivity index (χ4v) is 0.700. The lowest BCUT2D eigenvalue weighted by atomic mass is 10.3. The van der Waals surface area contributed by atoms with Crippen molar-refractivity contribution in [2.75, 3.05) is 20.3 Å². The summed E-state index contributed by atoms with van der Waals surface area (Å²) in [5.74, 6) is -0.441. The highest BCUT2D eigenvalue weighted by Crippen LogP contribution is 1.80. The lowest BCUT2D eigenvalue weighted by Gasteiger charge is -2.11. The molecule has 3 amide bonds. The molecule has 0 aromatic rings. The molecule has 0 rings (SSSR count). The van der Waals surface area contributed by atoms with Crippen molar-refractivity contribution in [1.29, 1.82) is 0 Å². The molecule has 6 nitrogen and oxygen atoms in total. The van der Waals surface area contributed by atoms with E-state index in [4.69, 9.17) is 10.5 Å². The van der Waals surface area contributed by atoms with Crippen molar-refractivity contribution in [3.05, 3.63) is 0 Å². The molecule has 0 bridgehead atoms. The Hall–Kier alpha value is -1.14. The zero-order valence-electron chi connectivity index (χ0n) is 7.79. The van der Waals surface area contributed by atoms with Gasteiger partial charge in [0.1, 0.15) is 0 Å². The van der Waals surface area contributed by atoms with Crippen molar-refractivity contribution in [2.24, 2.45) is 5.73 Å². The molecule has 4 N–H and O–H groups in total. The molecule has 0 aliphatic carbocycles. The second kappa shape index (κ2) is 6.38. The number of imide groups is 1. The second-order valence-corrected chi connectivity index (χ2v) is 2.52. The van der Waals surface area contributed by atoms with Crippen LogP contribution >= 0.6 is 0 Å². The number of hydrogen-bond acceptors (Lipinski definition) is 4. The van der Waals surface area contributed by atoms with E-state index in [1.165, 1.54) is 0 Å². The number of methoxy groups -OCH3 is 1. The van der Waals surface area contributed by atoms with E-state index < -0.39 is 18.0 Å². The first-order chi connectivity index (χ1) is 6.07. The molecule has 1 unspecified atom stereocenters. The highest BCUT2D eigenvalue weighted by atomic mass is 16.5. The van der Waals surface area contributed by atoms with Crippen molar-refractivity contribution in [1.82, 2.24) is 10.6 Å². The Bertz CT molecular complexity index is 184. The molecule has 0 heterocycles. The van der Waals surface area contributed by atoms with E-state index in [9.17, 15) is 9.59 Å². The maximum atomic E-state index is 11.0. The summed E-state index contributed by atoms with van der Waals surface area (Å²) in [7, 11) is 1.57. The van der Waals surface area contributed by atoms with E-state index in [0.717, 1.165) is 0 Å². The maximum Gasteiger partial charge on any atom is 0.318 e. The number of hydrogen-bond donors (Lipinski definition) is 3. The molecule has 0 aromatic carbocycles. The molecule has 1 atom stereocenters. The SMILES string of the molecule is COCCNC(C)C(=O)NC(N)=O. The lowest BCUT2D eigenvalue weighted by Crippen LogP contribution is -2.47. The molecule has 6 heteroatoms. The Morgan fingerprint density at radius 1 is 1.54 bits per heavy atom. The monoisotopic (exact) mass is 189 g/mol. The average molecular weight is 189 g/mol. The number of primary amides is 1. The fraction of sp³-hybridized carbons (Fsp3) is 0.714. The third kappa shape index (κ3) is 6.06. The number of nitrogens with one attached hydrogen (secondary N) is 2. The molecule has 13 heavy (non-hydrogen) atoms. The average Bonchev–Trinajstić information content (AvgIpc) is 2.03. The van der Waals surface area contributed by atoms with Crippen LogP contribution in [0.3, 0.4) is 0 Å². The molecule has 0 aliphatic rings. The first-order valence-electron chi connectivity index (χ1n) is 3.90. The largest absolute Gasteiger partial charge is 0.383 e. The standard InChI is InChI=1S/C7H15N3O3/c1-5(9-3-4-13-2)6(11)10-7(8)12/h5,9H,3-4H2,1-2H3,(H3,8,10,11,12). The van der Waals surface area contributed by atoms with Gasteiger partial charge in [-0.2, -0.15) is 0 Å². The number of urea groups is 1. The molecule has 0 spiro atoms. The highest BCUT2D eigenvalue weighted by Gasteiger charge is 2.12. The van der Waals surface area contributed by atoms with E-state index in [1.54, 1.807) is 14.0 Å². The van der Waals surface area contributed by atoms with Gasteiger partial charge in [0.2, 0.25) is 5.91 Å². The maximum absolute atomic E-state index is 11.0. The molecule has 0 aromatic heterocycles. The minimum atomic E-state index is -0.842. The van der Waals surface area contributed by atoms with E-state index in [2.05, 4.69) is 5.32 Å². The second-order valence-electron chi connectivity index (χ2n) is 2.52. The van der Waals surface area contributed by atoms with E-state index in [-0.39, 0.29) is 0 Å². The molecule has 0 fully saturated rings. The van der Waals surface area contributed by atoms with E-state index in [1.807, 2.05) is 5.32 Å². The Labute approximate surface area is 76.8 Å². The lowest BCUT2D eigenvalue weighted by molar-refractivity contribution is -0.121. The van der Waals surface area contributed by atoms with Crippen LogP contribution in [0.2, 0.25) is 0 Å². The quantitative estimate of drug-likeness (QED) is 0.474. The van der Waals surface area contributed by atoms with Gasteiger partial charge in [-0.3, -0.25) is 10.1 Å². The van der Waals surface area contributed by atoms with Gasteiger partial charge < -0.3 is 15.8 Å². The van der Waals surface area contributed by atoms with Gasteiger partial charge in [0.25, 0.3) is 0 Å². The molecule has 0 radical (unpaired) electrons. The molecule has 0 saturated carbocycles. The Kier molecular flexibility index (Phi) is 5.82. The van der Waals surface area contributed by atoms with Gasteiger partial charge in [-0.25, -0.2) is 4.79 Å². The minimum absolute atomic E-state index is 0.441. The van der Waals surface area contributed by atoms with Crippen molar-refractivity contribution >= 4 is 11.9 Å². The van der Waals surface area contributed by atoms with Crippen molar-refractivity contribution in [3.63, 3.8) is 0 Å². The summed E-state index contributed by atoms with van der Waals surface area (Å²) in [6, 6.07) is -1.30. The van der Waals surface area contributed by atoms with E-state index in [0.29, 0.717) is 13.2 Å². The molecule has 76 valence electrons. The molecule has 0 aliphatic heterocycles. The predicted octanol–water partition coefficient (Wildman–Crippen LogP) is -1.19. The van der Waals surface area contributed by atoms with E-state index >= 15 is 0 Å². The number of carbonyl (C=O) groups excluding carboxylic acids is 2. The van der Waals surface area contributed by atoms with Crippen LogP contribution in [-0.2, 0) is 9.53 Å². The summed E-state index contributed by atoms with van der Waals surface area (Å²) >= 11 is 0. The number of carbonyl (C=O) groups is 2. The smallest absolute Gasteiger partial charge is 0.318 e. The minimum Gasteiger partial charge on any atom is -0.383 e. The highest BCUT2D eigenvalue weighted by molar-refractivity contribution is 5.96. The van der Waals surface area contributed by atoms with Gasteiger partial charge >= 0.3 is 6.03 Å². The third-order valence-electron chi connectivity index (χ3n) is 1.40. The summed E-state index contributed by atoms with van der Waals surface area (Å²) in [4.78, 5) is 21.3. The van der Waals surface area contributed by atoms with Crippen LogP contribution in [0.4, 0.5) is 4.79 Å². The van der Waals surface area contributed by atoms with Gasteiger partial charge in [0.05, 0.1) is 12.6 Å². The van der Waals surface area contributed by atoms with Crippen molar-refractivity contribution in [2.45, 2.75) is 13.0 Å². The number of nitrogens with two attached hydrogens (primary N) is 1. The number of amides is 3. The Morgan fingerprint density at radius 3 is 2.62 bits per heavy atom. The van der Waals surface area contributed by atoms with Crippen LogP contribution in [0.25, 0.3) is 0 Å². The first kappa shape index (κ1) is 11.9. The summed E-state index contributed by atoms with van der Waals surface area (Å²) in [5, 5.41) is 4.81. The fourth-order valence-electron chi connectivity index (χ4n) is 0.700. The number of ether oxygens (including phenoxy) is 1. The molecular formula is C7H15N3O3. The van der Waals surface area contributed by atoms with Crippen molar-refractivity contribution < 1.29 is 14.3 Å². The van der Waals surface area contributed by atoms with Gasteiger partial charge in [-0.15, -0.1) is 0 Å². The predicted molar refractivity (Wildman–Crippen MR) is 47.1 cm³/mol. The zero-order chi connectivity index (χ0) is 10.3. The van der Waals surface area contributed by atoms with Crippen LogP contribution in [-0.4, -0.2) is 38.2 Å². The topological polar surface area (TPSA) is 93.4 Å². The summed E-state index contributed by atoms with van der Waals surface area (Å²) in [6.07, 6.45) is 0. The van der Waals surface area contributed by atoms with Gasteiger partial charge in [-0.1, -0.05) is 0 Å². The van der Waals surface area contributed by atoms with Crippen LogP contribution < -0.4 is 16.4 Å². The van der Waals surface area contributed by atoms with Gasteiger partial charge in [0.15, 0.2) is 0 Å². The van der Waals surface area contributed by atoms with Crippen LogP contribution in [0.15, 0.2) is 0 Å². The summed E-state index contributed by atoms with van der Waals surface area (Å²) in [5.41, 5.74) is 4.76. The summed E-state index contributed by atoms with van der Waals surface area (Å²) < 4.78 is 4.77. The van der Waals surface area contributed by atoms with Gasteiger partial charge in [0, 0.05) is 13.7 Å². The Balaban J connectivity index is 3.63. The normalized spacial score (nSPS) is 12.2. The first-order valence-corrected chi connectivity index (χ1v) is 3.90. The summed E-state index contributed by atoms with van der Waals surface area (Å²) in [6.45, 7) is 2.69. The number of rotatable bonds is 5. The Morgan fingerprint density at radius 2 is 2.15 bits per heavy atom. The third-order valence-corrected chi connectivity index (χ3v) is 1.40. The zero-order valence-corrected chi connectivity index (χ0v) is 7.79.